The van der Waals surface area contributed by atoms with Crippen LogP contribution in [-0.4, -0.2) is 44.8 Å². The maximum absolute atomic E-state index is 12.6. The summed E-state index contributed by atoms with van der Waals surface area (Å²) in [5.74, 6) is 1.62. The standard InChI is InChI=1S/C21H21N3O6S/c1-28-16-4-2-15(3-5-16)18-13-21(25)24(14-22-18)9-8-23-31(26,27)17-6-7-19-20(12-17)30-11-10-29-19/h2-7,12-14,23H,8-11H2,1H3. The highest BCUT2D eigenvalue weighted by molar-refractivity contribution is 7.89. The fourth-order valence-corrected chi connectivity index (χ4v) is 4.12. The largest absolute Gasteiger partial charge is 0.497 e. The predicted octanol–water partition coefficient (Wildman–Crippen LogP) is 1.67. The Bertz CT molecular complexity index is 1240. The first-order chi connectivity index (χ1) is 15.0. The average Bonchev–Trinajstić information content (AvgIpc) is 2.79. The van der Waals surface area contributed by atoms with E-state index in [-0.39, 0.29) is 23.5 Å². The highest BCUT2D eigenvalue weighted by Crippen LogP contribution is 2.32. The Kier molecular flexibility index (Phi) is 5.92. The molecule has 0 fully saturated rings. The molecule has 0 atom stereocenters. The molecule has 0 saturated heterocycles. The molecule has 162 valence electrons. The fraction of sp³-hybridized carbons (Fsp3) is 0.238. The lowest BCUT2D eigenvalue weighted by Crippen LogP contribution is -2.31. The van der Waals surface area contributed by atoms with Crippen LogP contribution in [0.15, 0.2) is 64.5 Å². The molecule has 3 aromatic rings. The Morgan fingerprint density at radius 2 is 1.81 bits per heavy atom. The SMILES string of the molecule is COc1ccc(-c2cc(=O)n(CCNS(=O)(=O)c3ccc4c(c3)OCCO4)cn2)cc1. The first kappa shape index (κ1) is 20.9. The van der Waals surface area contributed by atoms with Crippen molar-refractivity contribution in [1.29, 1.82) is 0 Å². The van der Waals surface area contributed by atoms with E-state index in [0.717, 1.165) is 5.56 Å². The summed E-state index contributed by atoms with van der Waals surface area (Å²) < 4.78 is 44.9. The Hall–Kier alpha value is -3.37. The third-order valence-electron chi connectivity index (χ3n) is 4.73. The molecule has 4 rings (SSSR count). The molecule has 2 aromatic carbocycles. The van der Waals surface area contributed by atoms with E-state index >= 15 is 0 Å². The summed E-state index contributed by atoms with van der Waals surface area (Å²) in [5.41, 5.74) is 1.03. The van der Waals surface area contributed by atoms with Crippen molar-refractivity contribution in [2.24, 2.45) is 0 Å². The number of hydrogen-bond donors (Lipinski definition) is 1. The minimum Gasteiger partial charge on any atom is -0.497 e. The zero-order valence-corrected chi connectivity index (χ0v) is 17.6. The second-order valence-electron chi connectivity index (χ2n) is 6.74. The number of sulfonamides is 1. The van der Waals surface area contributed by atoms with Crippen molar-refractivity contribution in [3.63, 3.8) is 0 Å². The van der Waals surface area contributed by atoms with Crippen molar-refractivity contribution in [2.75, 3.05) is 26.9 Å². The molecule has 0 bridgehead atoms. The molecule has 0 radical (unpaired) electrons. The molecule has 1 N–H and O–H groups in total. The third kappa shape index (κ3) is 4.70. The van der Waals surface area contributed by atoms with Gasteiger partial charge in [-0.25, -0.2) is 18.1 Å². The van der Waals surface area contributed by atoms with E-state index < -0.39 is 10.0 Å². The normalized spacial score (nSPS) is 13.1. The minimum absolute atomic E-state index is 0.0280. The summed E-state index contributed by atoms with van der Waals surface area (Å²) in [6.45, 7) is 0.961. The van der Waals surface area contributed by atoms with Crippen molar-refractivity contribution in [2.45, 2.75) is 11.4 Å². The van der Waals surface area contributed by atoms with Gasteiger partial charge in [0.05, 0.1) is 24.0 Å². The summed E-state index contributed by atoms with van der Waals surface area (Å²) in [4.78, 5) is 16.8. The number of nitrogens with one attached hydrogen (secondary N) is 1. The number of hydrogen-bond acceptors (Lipinski definition) is 7. The smallest absolute Gasteiger partial charge is 0.253 e. The fourth-order valence-electron chi connectivity index (χ4n) is 3.09. The lowest BCUT2D eigenvalue weighted by molar-refractivity contribution is 0.171. The van der Waals surface area contributed by atoms with Crippen LogP contribution < -0.4 is 24.5 Å². The number of rotatable bonds is 7. The van der Waals surface area contributed by atoms with Crippen molar-refractivity contribution in [3.8, 4) is 28.5 Å². The second kappa shape index (κ2) is 8.78. The van der Waals surface area contributed by atoms with Gasteiger partial charge in [-0.3, -0.25) is 9.36 Å². The van der Waals surface area contributed by atoms with Gasteiger partial charge in [-0.1, -0.05) is 0 Å². The quantitative estimate of drug-likeness (QED) is 0.592. The Balaban J connectivity index is 1.41. The zero-order chi connectivity index (χ0) is 21.8. The molecular formula is C21H21N3O6S. The van der Waals surface area contributed by atoms with Crippen LogP contribution in [0.25, 0.3) is 11.3 Å². The molecule has 1 aromatic heterocycles. The summed E-state index contributed by atoms with van der Waals surface area (Å²) >= 11 is 0. The van der Waals surface area contributed by atoms with Gasteiger partial charge in [0.1, 0.15) is 19.0 Å². The highest BCUT2D eigenvalue weighted by Gasteiger charge is 2.19. The first-order valence-corrected chi connectivity index (χ1v) is 11.0. The van der Waals surface area contributed by atoms with Gasteiger partial charge in [-0.05, 0) is 36.4 Å². The maximum Gasteiger partial charge on any atom is 0.253 e. The molecule has 0 spiro atoms. The summed E-state index contributed by atoms with van der Waals surface area (Å²) in [6, 6.07) is 13.1. The molecule has 9 nitrogen and oxygen atoms in total. The maximum atomic E-state index is 12.6. The lowest BCUT2D eigenvalue weighted by atomic mass is 10.1. The zero-order valence-electron chi connectivity index (χ0n) is 16.8. The van der Waals surface area contributed by atoms with Crippen LogP contribution in [0.1, 0.15) is 0 Å². The van der Waals surface area contributed by atoms with Gasteiger partial charge in [0.15, 0.2) is 11.5 Å². The molecule has 1 aliphatic rings. The Morgan fingerprint density at radius 1 is 1.06 bits per heavy atom. The van der Waals surface area contributed by atoms with E-state index in [1.165, 1.54) is 29.1 Å². The molecule has 1 aliphatic heterocycles. The van der Waals surface area contributed by atoms with Crippen LogP contribution in [0.2, 0.25) is 0 Å². The predicted molar refractivity (Wildman–Crippen MR) is 113 cm³/mol. The van der Waals surface area contributed by atoms with Crippen molar-refractivity contribution < 1.29 is 22.6 Å². The van der Waals surface area contributed by atoms with Crippen LogP contribution in [0, 0.1) is 0 Å². The summed E-state index contributed by atoms with van der Waals surface area (Å²) in [5, 5.41) is 0. The second-order valence-corrected chi connectivity index (χ2v) is 8.50. The Morgan fingerprint density at radius 3 is 2.52 bits per heavy atom. The average molecular weight is 443 g/mol. The number of nitrogens with zero attached hydrogens (tertiary/aromatic N) is 2. The molecule has 0 amide bonds. The van der Waals surface area contributed by atoms with Crippen LogP contribution in [0.3, 0.4) is 0 Å². The number of aromatic nitrogens is 2. The van der Waals surface area contributed by atoms with E-state index in [1.54, 1.807) is 25.3 Å². The van der Waals surface area contributed by atoms with Gasteiger partial charge < -0.3 is 14.2 Å². The van der Waals surface area contributed by atoms with Gasteiger partial charge >= 0.3 is 0 Å². The summed E-state index contributed by atoms with van der Waals surface area (Å²) in [6.07, 6.45) is 1.40. The number of methoxy groups -OCH3 is 1. The van der Waals surface area contributed by atoms with E-state index in [2.05, 4.69) is 9.71 Å². The molecule has 0 saturated carbocycles. The monoisotopic (exact) mass is 443 g/mol. The van der Waals surface area contributed by atoms with E-state index in [0.29, 0.717) is 36.2 Å². The van der Waals surface area contributed by atoms with Gasteiger partial charge in [0, 0.05) is 30.8 Å². The molecule has 10 heteroatoms. The highest BCUT2D eigenvalue weighted by atomic mass is 32.2. The van der Waals surface area contributed by atoms with Crippen LogP contribution in [0.5, 0.6) is 17.2 Å². The Labute approximate surface area is 179 Å². The van der Waals surface area contributed by atoms with Crippen LogP contribution in [-0.2, 0) is 16.6 Å². The van der Waals surface area contributed by atoms with Crippen LogP contribution >= 0.6 is 0 Å². The van der Waals surface area contributed by atoms with Gasteiger partial charge in [0.25, 0.3) is 5.56 Å². The molecule has 31 heavy (non-hydrogen) atoms. The molecule has 0 aliphatic carbocycles. The van der Waals surface area contributed by atoms with Crippen molar-refractivity contribution in [1.82, 2.24) is 14.3 Å². The number of ether oxygens (including phenoxy) is 3. The molecule has 0 unspecified atom stereocenters. The summed E-state index contributed by atoms with van der Waals surface area (Å²) in [7, 11) is -2.19. The third-order valence-corrected chi connectivity index (χ3v) is 6.19. The topological polar surface area (TPSA) is 109 Å². The minimum atomic E-state index is -3.77. The number of benzene rings is 2. The van der Waals surface area contributed by atoms with Crippen molar-refractivity contribution >= 4 is 10.0 Å². The van der Waals surface area contributed by atoms with Gasteiger partial charge in [0.2, 0.25) is 10.0 Å². The van der Waals surface area contributed by atoms with Gasteiger partial charge in [-0.15, -0.1) is 0 Å². The van der Waals surface area contributed by atoms with E-state index in [4.69, 9.17) is 14.2 Å². The van der Waals surface area contributed by atoms with Crippen LogP contribution in [0.4, 0.5) is 0 Å². The molecule has 2 heterocycles. The van der Waals surface area contributed by atoms with Crippen molar-refractivity contribution in [3.05, 3.63) is 65.2 Å². The first-order valence-electron chi connectivity index (χ1n) is 9.56. The lowest BCUT2D eigenvalue weighted by Gasteiger charge is -2.19. The van der Waals surface area contributed by atoms with E-state index in [9.17, 15) is 13.2 Å². The van der Waals surface area contributed by atoms with Gasteiger partial charge in [-0.2, -0.15) is 0 Å². The van der Waals surface area contributed by atoms with E-state index in [1.807, 2.05) is 12.1 Å². The molecular weight excluding hydrogens is 422 g/mol. The number of fused-ring (bicyclic) bond motifs is 1.